The van der Waals surface area contributed by atoms with Crippen molar-refractivity contribution in [3.05, 3.63) is 29.1 Å². The molecule has 2 N–H and O–H groups in total. The van der Waals surface area contributed by atoms with Crippen LogP contribution in [0.5, 0.6) is 0 Å². The third-order valence-corrected chi connectivity index (χ3v) is 7.42. The van der Waals surface area contributed by atoms with Crippen molar-refractivity contribution in [3.8, 4) is 0 Å². The lowest BCUT2D eigenvalue weighted by Gasteiger charge is -2.40. The molecule has 0 saturated carbocycles. The molecule has 1 amide bonds. The quantitative estimate of drug-likeness (QED) is 0.573. The van der Waals surface area contributed by atoms with Gasteiger partial charge in [0.2, 0.25) is 15.9 Å². The minimum atomic E-state index is -3.70. The molecular formula is C21H31N3O5S. The van der Waals surface area contributed by atoms with E-state index in [0.29, 0.717) is 25.4 Å². The van der Waals surface area contributed by atoms with Crippen molar-refractivity contribution in [3.63, 3.8) is 0 Å². The van der Waals surface area contributed by atoms with Gasteiger partial charge in [-0.25, -0.2) is 13.1 Å². The van der Waals surface area contributed by atoms with Gasteiger partial charge in [-0.1, -0.05) is 13.0 Å². The summed E-state index contributed by atoms with van der Waals surface area (Å²) in [5.74, 6) is -1.46. The molecule has 1 fully saturated rings. The van der Waals surface area contributed by atoms with Gasteiger partial charge >= 0.3 is 5.97 Å². The zero-order chi connectivity index (χ0) is 21.7. The third kappa shape index (κ3) is 6.01. The Morgan fingerprint density at radius 3 is 2.70 bits per heavy atom. The fourth-order valence-corrected chi connectivity index (χ4v) is 5.38. The molecule has 8 nitrogen and oxygen atoms in total. The zero-order valence-corrected chi connectivity index (χ0v) is 18.3. The van der Waals surface area contributed by atoms with Crippen LogP contribution in [0.4, 0.5) is 0 Å². The summed E-state index contributed by atoms with van der Waals surface area (Å²) in [7, 11) is -3.70. The Morgan fingerprint density at radius 1 is 1.27 bits per heavy atom. The SMILES string of the molecule is CCCS(=O)(=O)N[C@@H](CC(=O)N1CC(CCc2ccc3c(n2)CCCC3)C1)C(=O)O. The highest BCUT2D eigenvalue weighted by molar-refractivity contribution is 7.89. The molecule has 0 aromatic carbocycles. The van der Waals surface area contributed by atoms with Gasteiger partial charge in [-0.3, -0.25) is 14.6 Å². The first-order valence-electron chi connectivity index (χ1n) is 10.8. The van der Waals surface area contributed by atoms with Crippen LogP contribution in [0.15, 0.2) is 12.1 Å². The van der Waals surface area contributed by atoms with Crippen molar-refractivity contribution < 1.29 is 23.1 Å². The lowest BCUT2D eigenvalue weighted by Crippen LogP contribution is -2.53. The van der Waals surface area contributed by atoms with Crippen LogP contribution >= 0.6 is 0 Å². The molecule has 9 heteroatoms. The largest absolute Gasteiger partial charge is 0.480 e. The van der Waals surface area contributed by atoms with E-state index < -0.39 is 22.0 Å². The Bertz CT molecular complexity index is 881. The lowest BCUT2D eigenvalue weighted by atomic mass is 9.92. The predicted octanol–water partition coefficient (Wildman–Crippen LogP) is 1.52. The number of sulfonamides is 1. The van der Waals surface area contributed by atoms with Gasteiger partial charge in [-0.05, 0) is 62.5 Å². The summed E-state index contributed by atoms with van der Waals surface area (Å²) in [6.07, 6.45) is 6.43. The van der Waals surface area contributed by atoms with E-state index in [9.17, 15) is 23.1 Å². The number of pyridine rings is 1. The highest BCUT2D eigenvalue weighted by atomic mass is 32.2. The monoisotopic (exact) mass is 437 g/mol. The molecule has 3 rings (SSSR count). The first-order valence-corrected chi connectivity index (χ1v) is 12.4. The van der Waals surface area contributed by atoms with Crippen molar-refractivity contribution in [2.24, 2.45) is 5.92 Å². The van der Waals surface area contributed by atoms with Crippen LogP contribution in [-0.4, -0.2) is 60.2 Å². The Morgan fingerprint density at radius 2 is 2.00 bits per heavy atom. The first kappa shape index (κ1) is 22.7. The van der Waals surface area contributed by atoms with Crippen molar-refractivity contribution >= 4 is 21.9 Å². The van der Waals surface area contributed by atoms with E-state index >= 15 is 0 Å². The summed E-state index contributed by atoms with van der Waals surface area (Å²) in [6, 6.07) is 2.87. The van der Waals surface area contributed by atoms with E-state index in [0.717, 1.165) is 31.4 Å². The molecule has 1 aliphatic heterocycles. The van der Waals surface area contributed by atoms with Crippen LogP contribution in [0.2, 0.25) is 0 Å². The van der Waals surface area contributed by atoms with Crippen molar-refractivity contribution in [1.29, 1.82) is 0 Å². The number of aryl methyl sites for hydroxylation is 3. The van der Waals surface area contributed by atoms with E-state index in [4.69, 9.17) is 4.98 Å². The Labute approximate surface area is 178 Å². The number of carbonyl (C=O) groups excluding carboxylic acids is 1. The molecule has 1 aliphatic carbocycles. The molecule has 1 saturated heterocycles. The molecule has 166 valence electrons. The summed E-state index contributed by atoms with van der Waals surface area (Å²) in [6.45, 7) is 2.86. The molecule has 0 spiro atoms. The second-order valence-corrected chi connectivity index (χ2v) is 10.2. The average molecular weight is 438 g/mol. The molecule has 0 radical (unpaired) electrons. The Balaban J connectivity index is 1.44. The molecule has 0 unspecified atom stereocenters. The highest BCUT2D eigenvalue weighted by Crippen LogP contribution is 2.24. The Kier molecular flexibility index (Phi) is 7.46. The summed E-state index contributed by atoms with van der Waals surface area (Å²) in [4.78, 5) is 30.1. The summed E-state index contributed by atoms with van der Waals surface area (Å²) in [5, 5.41) is 9.27. The van der Waals surface area contributed by atoms with Gasteiger partial charge in [0, 0.05) is 24.5 Å². The van der Waals surface area contributed by atoms with E-state index in [2.05, 4.69) is 16.9 Å². The van der Waals surface area contributed by atoms with E-state index in [1.807, 2.05) is 0 Å². The summed E-state index contributed by atoms with van der Waals surface area (Å²) < 4.78 is 25.8. The number of fused-ring (bicyclic) bond motifs is 1. The number of aromatic nitrogens is 1. The average Bonchev–Trinajstić information content (AvgIpc) is 2.65. The van der Waals surface area contributed by atoms with Crippen molar-refractivity contribution in [1.82, 2.24) is 14.6 Å². The fourth-order valence-electron chi connectivity index (χ4n) is 4.10. The van der Waals surface area contributed by atoms with Gasteiger partial charge in [0.05, 0.1) is 12.2 Å². The smallest absolute Gasteiger partial charge is 0.322 e. The van der Waals surface area contributed by atoms with Gasteiger partial charge in [0.25, 0.3) is 0 Å². The number of amides is 1. The molecular weight excluding hydrogens is 406 g/mol. The number of nitrogens with zero attached hydrogens (tertiary/aromatic N) is 2. The molecule has 1 aromatic rings. The predicted molar refractivity (Wildman–Crippen MR) is 113 cm³/mol. The number of hydrogen-bond acceptors (Lipinski definition) is 5. The van der Waals surface area contributed by atoms with Crippen LogP contribution in [0.25, 0.3) is 0 Å². The molecule has 2 aliphatic rings. The van der Waals surface area contributed by atoms with Gasteiger partial charge in [0.1, 0.15) is 6.04 Å². The van der Waals surface area contributed by atoms with Gasteiger partial charge in [-0.2, -0.15) is 0 Å². The van der Waals surface area contributed by atoms with Gasteiger partial charge < -0.3 is 10.0 Å². The lowest BCUT2D eigenvalue weighted by molar-refractivity contribution is -0.145. The van der Waals surface area contributed by atoms with Crippen LogP contribution in [-0.2, 0) is 38.9 Å². The normalized spacial score (nSPS) is 17.8. The number of likely N-dealkylation sites (tertiary alicyclic amines) is 1. The number of carbonyl (C=O) groups is 2. The third-order valence-electron chi connectivity index (χ3n) is 5.83. The number of carboxylic acids is 1. The standard InChI is InChI=1S/C21H31N3O5S/c1-2-11-30(28,29)23-19(21(26)27)12-20(25)24-13-15(14-24)7-9-17-10-8-16-5-3-4-6-18(16)22-17/h8,10,15,19,23H,2-7,9,11-14H2,1H3,(H,26,27)/t19-/m0/s1. The molecule has 2 heterocycles. The number of carboxylic acid groups (broad SMARTS) is 1. The minimum Gasteiger partial charge on any atom is -0.480 e. The number of nitrogens with one attached hydrogen (secondary N) is 1. The number of rotatable bonds is 10. The van der Waals surface area contributed by atoms with Gasteiger partial charge in [-0.15, -0.1) is 0 Å². The maximum Gasteiger partial charge on any atom is 0.322 e. The van der Waals surface area contributed by atoms with E-state index in [1.54, 1.807) is 11.8 Å². The van der Waals surface area contributed by atoms with Crippen LogP contribution in [0.1, 0.15) is 56.0 Å². The minimum absolute atomic E-state index is 0.159. The van der Waals surface area contributed by atoms with Gasteiger partial charge in [0.15, 0.2) is 0 Å². The number of aliphatic carboxylic acids is 1. The molecule has 1 atom stereocenters. The van der Waals surface area contributed by atoms with E-state index in [-0.39, 0.29) is 18.1 Å². The molecule has 30 heavy (non-hydrogen) atoms. The second kappa shape index (κ2) is 9.87. The topological polar surface area (TPSA) is 117 Å². The van der Waals surface area contributed by atoms with Crippen molar-refractivity contribution in [2.45, 2.75) is 64.3 Å². The highest BCUT2D eigenvalue weighted by Gasteiger charge is 2.34. The second-order valence-electron chi connectivity index (χ2n) is 8.35. The maximum absolute atomic E-state index is 12.4. The van der Waals surface area contributed by atoms with Crippen LogP contribution in [0.3, 0.4) is 0 Å². The fraction of sp³-hybridized carbons (Fsp3) is 0.667. The Hall–Kier alpha value is -2.00. The number of hydrogen-bond donors (Lipinski definition) is 2. The first-order chi connectivity index (χ1) is 14.3. The van der Waals surface area contributed by atoms with E-state index in [1.165, 1.54) is 24.1 Å². The summed E-state index contributed by atoms with van der Waals surface area (Å²) in [5.41, 5.74) is 3.69. The van der Waals surface area contributed by atoms with Crippen LogP contribution in [0, 0.1) is 5.92 Å². The maximum atomic E-state index is 12.4. The molecule has 1 aromatic heterocycles. The zero-order valence-electron chi connectivity index (χ0n) is 17.5. The van der Waals surface area contributed by atoms with Crippen molar-refractivity contribution in [2.75, 3.05) is 18.8 Å². The molecule has 0 bridgehead atoms. The summed E-state index contributed by atoms with van der Waals surface area (Å²) >= 11 is 0. The van der Waals surface area contributed by atoms with Crippen LogP contribution < -0.4 is 4.72 Å².